The Morgan fingerprint density at radius 3 is 2.85 bits per heavy atom. The third-order valence-corrected chi connectivity index (χ3v) is 2.16. The SMILES string of the molecule is CCC(=O)N(C)c1cccc(Br)n1. The standard InChI is InChI=1S/C9H11BrN2O/c1-3-9(13)12(2)8-6-4-5-7(10)11-8/h4-6H,3H2,1-2H3. The van der Waals surface area contributed by atoms with Crippen LogP contribution in [0.5, 0.6) is 0 Å². The van der Waals surface area contributed by atoms with Crippen LogP contribution in [0.2, 0.25) is 0 Å². The molecule has 0 N–H and O–H groups in total. The van der Waals surface area contributed by atoms with Crippen molar-refractivity contribution in [3.8, 4) is 0 Å². The molecule has 1 heterocycles. The van der Waals surface area contributed by atoms with Crippen LogP contribution in [0.15, 0.2) is 22.8 Å². The maximum absolute atomic E-state index is 11.3. The molecule has 0 aliphatic carbocycles. The number of carbonyl (C=O) groups is 1. The lowest BCUT2D eigenvalue weighted by Crippen LogP contribution is -2.25. The fraction of sp³-hybridized carbons (Fsp3) is 0.333. The largest absolute Gasteiger partial charge is 0.300 e. The van der Waals surface area contributed by atoms with Crippen LogP contribution in [0.25, 0.3) is 0 Å². The van der Waals surface area contributed by atoms with E-state index in [1.165, 1.54) is 0 Å². The third-order valence-electron chi connectivity index (χ3n) is 1.72. The number of halogens is 1. The second-order valence-corrected chi connectivity index (χ2v) is 3.44. The minimum atomic E-state index is 0.0607. The van der Waals surface area contributed by atoms with E-state index in [0.717, 1.165) is 4.60 Å². The summed E-state index contributed by atoms with van der Waals surface area (Å²) in [5.41, 5.74) is 0. The average Bonchev–Trinajstić information content (AvgIpc) is 2.15. The van der Waals surface area contributed by atoms with Crippen molar-refractivity contribution < 1.29 is 4.79 Å². The van der Waals surface area contributed by atoms with Gasteiger partial charge in [0.05, 0.1) is 0 Å². The maximum atomic E-state index is 11.3. The van der Waals surface area contributed by atoms with Crippen molar-refractivity contribution in [3.05, 3.63) is 22.8 Å². The van der Waals surface area contributed by atoms with E-state index in [9.17, 15) is 4.79 Å². The topological polar surface area (TPSA) is 33.2 Å². The fourth-order valence-corrected chi connectivity index (χ4v) is 1.28. The van der Waals surface area contributed by atoms with E-state index in [1.54, 1.807) is 18.0 Å². The molecule has 1 aromatic rings. The summed E-state index contributed by atoms with van der Waals surface area (Å²) in [7, 11) is 1.72. The predicted octanol–water partition coefficient (Wildman–Crippen LogP) is 2.22. The summed E-state index contributed by atoms with van der Waals surface area (Å²) in [6, 6.07) is 5.48. The van der Waals surface area contributed by atoms with E-state index in [1.807, 2.05) is 19.1 Å². The van der Waals surface area contributed by atoms with Gasteiger partial charge >= 0.3 is 0 Å². The van der Waals surface area contributed by atoms with Crippen molar-refractivity contribution in [1.29, 1.82) is 0 Å². The minimum absolute atomic E-state index is 0.0607. The average molecular weight is 243 g/mol. The Morgan fingerprint density at radius 2 is 2.31 bits per heavy atom. The number of pyridine rings is 1. The molecular formula is C9H11BrN2O. The minimum Gasteiger partial charge on any atom is -0.300 e. The lowest BCUT2D eigenvalue weighted by molar-refractivity contribution is -0.118. The van der Waals surface area contributed by atoms with E-state index in [0.29, 0.717) is 12.2 Å². The molecule has 70 valence electrons. The first-order valence-electron chi connectivity index (χ1n) is 4.04. The highest BCUT2D eigenvalue weighted by Crippen LogP contribution is 2.13. The van der Waals surface area contributed by atoms with Gasteiger partial charge < -0.3 is 0 Å². The van der Waals surface area contributed by atoms with E-state index >= 15 is 0 Å². The summed E-state index contributed by atoms with van der Waals surface area (Å²) >= 11 is 3.25. The molecule has 0 saturated heterocycles. The molecule has 4 heteroatoms. The first-order chi connectivity index (χ1) is 6.15. The zero-order valence-corrected chi connectivity index (χ0v) is 9.21. The number of carbonyl (C=O) groups excluding carboxylic acids is 1. The monoisotopic (exact) mass is 242 g/mol. The van der Waals surface area contributed by atoms with Crippen molar-refractivity contribution >= 4 is 27.7 Å². The molecule has 0 radical (unpaired) electrons. The van der Waals surface area contributed by atoms with Crippen LogP contribution in [-0.2, 0) is 4.79 Å². The Hall–Kier alpha value is -0.900. The molecule has 0 unspecified atom stereocenters. The van der Waals surface area contributed by atoms with Crippen LogP contribution >= 0.6 is 15.9 Å². The van der Waals surface area contributed by atoms with Gasteiger partial charge in [0.25, 0.3) is 0 Å². The van der Waals surface area contributed by atoms with Crippen LogP contribution in [0.3, 0.4) is 0 Å². The van der Waals surface area contributed by atoms with Crippen molar-refractivity contribution in [3.63, 3.8) is 0 Å². The molecule has 0 atom stereocenters. The number of nitrogens with zero attached hydrogens (tertiary/aromatic N) is 2. The zero-order valence-electron chi connectivity index (χ0n) is 7.62. The summed E-state index contributed by atoms with van der Waals surface area (Å²) in [6.07, 6.45) is 0.491. The second-order valence-electron chi connectivity index (χ2n) is 2.62. The first-order valence-corrected chi connectivity index (χ1v) is 4.83. The molecule has 3 nitrogen and oxygen atoms in total. The second kappa shape index (κ2) is 4.37. The van der Waals surface area contributed by atoms with Gasteiger partial charge in [0, 0.05) is 13.5 Å². The van der Waals surface area contributed by atoms with Crippen LogP contribution in [0.4, 0.5) is 5.82 Å². The van der Waals surface area contributed by atoms with Crippen molar-refractivity contribution in [2.24, 2.45) is 0 Å². The highest BCUT2D eigenvalue weighted by atomic mass is 79.9. The van der Waals surface area contributed by atoms with E-state index in [2.05, 4.69) is 20.9 Å². The summed E-state index contributed by atoms with van der Waals surface area (Å²) in [5.74, 6) is 0.729. The lowest BCUT2D eigenvalue weighted by Gasteiger charge is -2.14. The summed E-state index contributed by atoms with van der Waals surface area (Å²) in [4.78, 5) is 17.0. The molecule has 13 heavy (non-hydrogen) atoms. The number of hydrogen-bond donors (Lipinski definition) is 0. The summed E-state index contributed by atoms with van der Waals surface area (Å²) < 4.78 is 0.737. The number of hydrogen-bond acceptors (Lipinski definition) is 2. The van der Waals surface area contributed by atoms with Gasteiger partial charge in [0.2, 0.25) is 5.91 Å². The quantitative estimate of drug-likeness (QED) is 0.746. The first kappa shape index (κ1) is 10.2. The molecule has 1 rings (SSSR count). The van der Waals surface area contributed by atoms with Gasteiger partial charge in [-0.3, -0.25) is 9.69 Å². The Bertz CT molecular complexity index is 314. The smallest absolute Gasteiger partial charge is 0.227 e. The molecule has 0 fully saturated rings. The van der Waals surface area contributed by atoms with Gasteiger partial charge in [-0.2, -0.15) is 0 Å². The highest BCUT2D eigenvalue weighted by molar-refractivity contribution is 9.10. The third kappa shape index (κ3) is 2.52. The van der Waals surface area contributed by atoms with Gasteiger partial charge in [0.15, 0.2) is 0 Å². The summed E-state index contributed by atoms with van der Waals surface area (Å²) in [6.45, 7) is 1.83. The molecule has 0 aromatic carbocycles. The molecule has 0 aliphatic rings. The normalized spacial score (nSPS) is 9.77. The van der Waals surface area contributed by atoms with E-state index in [4.69, 9.17) is 0 Å². The Balaban J connectivity index is 2.88. The molecule has 0 bridgehead atoms. The Morgan fingerprint density at radius 1 is 1.62 bits per heavy atom. The predicted molar refractivity (Wildman–Crippen MR) is 55.6 cm³/mol. The van der Waals surface area contributed by atoms with Gasteiger partial charge in [-0.15, -0.1) is 0 Å². The van der Waals surface area contributed by atoms with Crippen molar-refractivity contribution in [2.45, 2.75) is 13.3 Å². The molecule has 0 spiro atoms. The van der Waals surface area contributed by atoms with Crippen molar-refractivity contribution in [2.75, 3.05) is 11.9 Å². The Labute approximate surface area is 85.9 Å². The van der Waals surface area contributed by atoms with Crippen LogP contribution in [-0.4, -0.2) is 17.9 Å². The highest BCUT2D eigenvalue weighted by Gasteiger charge is 2.08. The number of amides is 1. The maximum Gasteiger partial charge on any atom is 0.227 e. The number of aromatic nitrogens is 1. The van der Waals surface area contributed by atoms with Crippen LogP contribution in [0.1, 0.15) is 13.3 Å². The fourth-order valence-electron chi connectivity index (χ4n) is 0.949. The molecule has 0 aliphatic heterocycles. The van der Waals surface area contributed by atoms with Gasteiger partial charge in [-0.05, 0) is 28.1 Å². The van der Waals surface area contributed by atoms with Gasteiger partial charge in [-0.1, -0.05) is 13.0 Å². The molecule has 1 amide bonds. The number of rotatable bonds is 2. The van der Waals surface area contributed by atoms with E-state index in [-0.39, 0.29) is 5.91 Å². The number of anilines is 1. The Kier molecular flexibility index (Phi) is 3.42. The van der Waals surface area contributed by atoms with E-state index < -0.39 is 0 Å². The lowest BCUT2D eigenvalue weighted by atomic mass is 10.4. The van der Waals surface area contributed by atoms with Gasteiger partial charge in [0.1, 0.15) is 10.4 Å². The molecule has 1 aromatic heterocycles. The zero-order chi connectivity index (χ0) is 9.84. The molecule has 0 saturated carbocycles. The van der Waals surface area contributed by atoms with Gasteiger partial charge in [-0.25, -0.2) is 4.98 Å². The van der Waals surface area contributed by atoms with Crippen LogP contribution < -0.4 is 4.90 Å². The summed E-state index contributed by atoms with van der Waals surface area (Å²) in [5, 5.41) is 0. The van der Waals surface area contributed by atoms with Crippen LogP contribution in [0, 0.1) is 0 Å². The van der Waals surface area contributed by atoms with Crippen molar-refractivity contribution in [1.82, 2.24) is 4.98 Å². The molecular weight excluding hydrogens is 232 g/mol.